The molecule has 2 fully saturated rings. The predicted molar refractivity (Wildman–Crippen MR) is 79.5 cm³/mol. The molecule has 0 spiro atoms. The monoisotopic (exact) mass is 325 g/mol. The molecule has 7 heteroatoms. The van der Waals surface area contributed by atoms with Gasteiger partial charge in [0.15, 0.2) is 0 Å². The largest absolute Gasteiger partial charge is 0.299 e. The molecular formula is C14H16ClN3O2S. The van der Waals surface area contributed by atoms with Crippen molar-refractivity contribution in [3.63, 3.8) is 0 Å². The quantitative estimate of drug-likeness (QED) is 0.918. The number of fused-ring (bicyclic) bond motifs is 1. The first-order valence-corrected chi connectivity index (χ1v) is 8.83. The number of hydrogen-bond donors (Lipinski definition) is 1. The Balaban J connectivity index is 1.86. The smallest absolute Gasteiger partial charge is 0.242 e. The Bertz CT molecular complexity index is 699. The molecule has 0 aromatic heterocycles. The van der Waals surface area contributed by atoms with Gasteiger partial charge < -0.3 is 0 Å². The summed E-state index contributed by atoms with van der Waals surface area (Å²) in [6, 6.07) is 6.44. The highest BCUT2D eigenvalue weighted by molar-refractivity contribution is 7.89. The third-order valence-electron chi connectivity index (χ3n) is 4.26. The zero-order chi connectivity index (χ0) is 15.0. The zero-order valence-corrected chi connectivity index (χ0v) is 13.0. The van der Waals surface area contributed by atoms with E-state index in [-0.39, 0.29) is 27.6 Å². The molecule has 1 aromatic rings. The van der Waals surface area contributed by atoms with Gasteiger partial charge >= 0.3 is 0 Å². The number of benzene rings is 1. The molecule has 0 radical (unpaired) electrons. The van der Waals surface area contributed by atoms with Crippen LogP contribution in [0.1, 0.15) is 24.8 Å². The summed E-state index contributed by atoms with van der Waals surface area (Å²) in [5.74, 6) is 0. The van der Waals surface area contributed by atoms with Crippen molar-refractivity contribution in [2.75, 3.05) is 13.1 Å². The third kappa shape index (κ3) is 2.79. The van der Waals surface area contributed by atoms with E-state index in [4.69, 9.17) is 16.9 Å². The third-order valence-corrected chi connectivity index (χ3v) is 6.23. The molecule has 2 aliphatic heterocycles. The number of nitriles is 1. The molecule has 2 atom stereocenters. The highest BCUT2D eigenvalue weighted by Crippen LogP contribution is 2.30. The maximum absolute atomic E-state index is 12.5. The topological polar surface area (TPSA) is 73.2 Å². The van der Waals surface area contributed by atoms with Crippen LogP contribution < -0.4 is 4.72 Å². The van der Waals surface area contributed by atoms with Gasteiger partial charge in [-0.1, -0.05) is 11.6 Å². The molecule has 0 bridgehead atoms. The fraction of sp³-hybridized carbons (Fsp3) is 0.500. The summed E-state index contributed by atoms with van der Waals surface area (Å²) in [5.41, 5.74) is 0.286. The van der Waals surface area contributed by atoms with Crippen molar-refractivity contribution in [2.45, 2.75) is 36.2 Å². The van der Waals surface area contributed by atoms with E-state index in [0.29, 0.717) is 0 Å². The van der Waals surface area contributed by atoms with Crippen LogP contribution in [0.5, 0.6) is 0 Å². The second-order valence-electron chi connectivity index (χ2n) is 5.52. The van der Waals surface area contributed by atoms with E-state index >= 15 is 0 Å². The fourth-order valence-corrected chi connectivity index (χ4v) is 5.09. The van der Waals surface area contributed by atoms with Crippen molar-refractivity contribution in [1.82, 2.24) is 9.62 Å². The van der Waals surface area contributed by atoms with Gasteiger partial charge in [-0.2, -0.15) is 5.26 Å². The Hall–Kier alpha value is -1.13. The number of sulfonamides is 1. The van der Waals surface area contributed by atoms with Gasteiger partial charge in [0.2, 0.25) is 10.0 Å². The molecular weight excluding hydrogens is 310 g/mol. The molecule has 1 aromatic carbocycles. The molecule has 3 rings (SSSR count). The number of nitrogens with zero attached hydrogens (tertiary/aromatic N) is 2. The van der Waals surface area contributed by atoms with Crippen molar-refractivity contribution < 1.29 is 8.42 Å². The van der Waals surface area contributed by atoms with E-state index in [1.165, 1.54) is 18.2 Å². The van der Waals surface area contributed by atoms with Crippen LogP contribution in [-0.4, -0.2) is 38.5 Å². The van der Waals surface area contributed by atoms with Gasteiger partial charge in [0.1, 0.15) is 4.90 Å². The lowest BCUT2D eigenvalue weighted by molar-refractivity contribution is 0.309. The Morgan fingerprint density at radius 1 is 1.33 bits per heavy atom. The second-order valence-corrected chi connectivity index (χ2v) is 7.61. The molecule has 2 heterocycles. The van der Waals surface area contributed by atoms with Gasteiger partial charge in [0, 0.05) is 18.6 Å². The average molecular weight is 326 g/mol. The van der Waals surface area contributed by atoms with Gasteiger partial charge in [-0.25, -0.2) is 13.1 Å². The summed E-state index contributed by atoms with van der Waals surface area (Å²) in [4.78, 5) is 2.32. The molecule has 0 amide bonds. The molecule has 0 saturated carbocycles. The minimum absolute atomic E-state index is 0.0142. The minimum Gasteiger partial charge on any atom is -0.299 e. The lowest BCUT2D eigenvalue weighted by atomic mass is 10.1. The van der Waals surface area contributed by atoms with E-state index < -0.39 is 10.0 Å². The maximum Gasteiger partial charge on any atom is 0.242 e. The molecule has 2 saturated heterocycles. The normalized spacial score (nSPS) is 25.7. The van der Waals surface area contributed by atoms with Crippen molar-refractivity contribution >= 4 is 21.6 Å². The van der Waals surface area contributed by atoms with E-state index in [0.717, 1.165) is 32.4 Å². The van der Waals surface area contributed by atoms with Crippen molar-refractivity contribution in [3.05, 3.63) is 28.8 Å². The van der Waals surface area contributed by atoms with Crippen LogP contribution >= 0.6 is 11.6 Å². The number of hydrogen-bond acceptors (Lipinski definition) is 4. The highest BCUT2D eigenvalue weighted by atomic mass is 35.5. The summed E-state index contributed by atoms with van der Waals surface area (Å²) in [6.07, 6.45) is 2.96. The Morgan fingerprint density at radius 2 is 2.14 bits per heavy atom. The number of halogens is 1. The van der Waals surface area contributed by atoms with Crippen LogP contribution in [-0.2, 0) is 10.0 Å². The summed E-state index contributed by atoms with van der Waals surface area (Å²) in [5, 5.41) is 9.05. The van der Waals surface area contributed by atoms with Crippen molar-refractivity contribution in [1.29, 1.82) is 5.26 Å². The maximum atomic E-state index is 12.5. The average Bonchev–Trinajstić information content (AvgIpc) is 3.04. The Kier molecular flexibility index (Phi) is 3.93. The first-order chi connectivity index (χ1) is 10.0. The van der Waals surface area contributed by atoms with E-state index in [1.54, 1.807) is 0 Å². The van der Waals surface area contributed by atoms with Crippen LogP contribution in [0.25, 0.3) is 0 Å². The zero-order valence-electron chi connectivity index (χ0n) is 11.4. The molecule has 1 N–H and O–H groups in total. The Labute approximate surface area is 129 Å². The number of rotatable bonds is 3. The Morgan fingerprint density at radius 3 is 2.90 bits per heavy atom. The molecule has 21 heavy (non-hydrogen) atoms. The standard InChI is InChI=1S/C14H16ClN3O2S/c15-11-4-3-10(9-16)8-14(11)21(19,20)17-12-5-7-18-6-1-2-13(12)18/h3-4,8,12-13,17H,1-2,5-7H2. The minimum atomic E-state index is -3.71. The van der Waals surface area contributed by atoms with Gasteiger partial charge in [0.05, 0.1) is 16.7 Å². The van der Waals surface area contributed by atoms with Gasteiger partial charge in [-0.3, -0.25) is 4.90 Å². The van der Waals surface area contributed by atoms with E-state index in [1.807, 2.05) is 6.07 Å². The molecule has 112 valence electrons. The van der Waals surface area contributed by atoms with Crippen LogP contribution in [0, 0.1) is 11.3 Å². The van der Waals surface area contributed by atoms with Crippen LogP contribution in [0.15, 0.2) is 23.1 Å². The van der Waals surface area contributed by atoms with Gasteiger partial charge in [-0.05, 0) is 44.0 Å². The van der Waals surface area contributed by atoms with Gasteiger partial charge in [0.25, 0.3) is 0 Å². The van der Waals surface area contributed by atoms with Crippen molar-refractivity contribution in [2.24, 2.45) is 0 Å². The van der Waals surface area contributed by atoms with Crippen molar-refractivity contribution in [3.8, 4) is 6.07 Å². The lowest BCUT2D eigenvalue weighted by Gasteiger charge is -2.21. The second kappa shape index (κ2) is 5.58. The SMILES string of the molecule is N#Cc1ccc(Cl)c(S(=O)(=O)NC2CCN3CCCC23)c1. The fourth-order valence-electron chi connectivity index (χ4n) is 3.26. The predicted octanol–water partition coefficient (Wildman–Crippen LogP) is 1.73. The van der Waals surface area contributed by atoms with Crippen LogP contribution in [0.4, 0.5) is 0 Å². The summed E-state index contributed by atoms with van der Waals surface area (Å²) >= 11 is 6.00. The van der Waals surface area contributed by atoms with Gasteiger partial charge in [-0.15, -0.1) is 0 Å². The number of nitrogens with one attached hydrogen (secondary N) is 1. The van der Waals surface area contributed by atoms with E-state index in [2.05, 4.69) is 9.62 Å². The van der Waals surface area contributed by atoms with E-state index in [9.17, 15) is 8.42 Å². The molecule has 2 aliphatic rings. The summed E-state index contributed by atoms with van der Waals surface area (Å²) in [7, 11) is -3.71. The lowest BCUT2D eigenvalue weighted by Crippen LogP contribution is -2.42. The van der Waals surface area contributed by atoms with Crippen LogP contribution in [0.3, 0.4) is 0 Å². The highest BCUT2D eigenvalue weighted by Gasteiger charge is 2.39. The van der Waals surface area contributed by atoms with Crippen LogP contribution in [0.2, 0.25) is 5.02 Å². The molecule has 5 nitrogen and oxygen atoms in total. The first-order valence-electron chi connectivity index (χ1n) is 6.97. The summed E-state index contributed by atoms with van der Waals surface area (Å²) < 4.78 is 27.9. The molecule has 2 unspecified atom stereocenters. The molecule has 0 aliphatic carbocycles. The summed E-state index contributed by atoms with van der Waals surface area (Å²) in [6.45, 7) is 1.98. The first kappa shape index (κ1) is 14.8.